The molecule has 1 saturated carbocycles. The molecule has 1 amide bonds. The van der Waals surface area contributed by atoms with Crippen molar-refractivity contribution in [2.24, 2.45) is 0 Å². The summed E-state index contributed by atoms with van der Waals surface area (Å²) in [5, 5.41) is 4.01. The lowest BCUT2D eigenvalue weighted by Crippen LogP contribution is -2.25. The fourth-order valence-electron chi connectivity index (χ4n) is 3.11. The Labute approximate surface area is 149 Å². The van der Waals surface area contributed by atoms with Crippen LogP contribution >= 0.6 is 0 Å². The highest BCUT2D eigenvalue weighted by molar-refractivity contribution is 5.79. The summed E-state index contributed by atoms with van der Waals surface area (Å²) in [6.07, 6.45) is 0.0319. The van der Waals surface area contributed by atoms with Gasteiger partial charge in [0.1, 0.15) is 5.75 Å². The lowest BCUT2D eigenvalue weighted by atomic mass is 10.1. The number of carbonyl (C=O) groups excluding carboxylic acids is 1. The molecule has 1 aromatic carbocycles. The third-order valence-corrected chi connectivity index (χ3v) is 4.66. The number of aromatic nitrogens is 2. The molecular formula is C18H19F2N3O3. The van der Waals surface area contributed by atoms with E-state index in [0.717, 1.165) is 13.0 Å². The summed E-state index contributed by atoms with van der Waals surface area (Å²) >= 11 is 0. The number of benzene rings is 1. The topological polar surface area (TPSA) is 68.5 Å². The largest absolute Gasteiger partial charge is 0.484 e. The molecule has 0 radical (unpaired) electrons. The first-order valence-corrected chi connectivity index (χ1v) is 8.72. The lowest BCUT2D eigenvalue weighted by molar-refractivity contribution is -0.127. The Morgan fingerprint density at radius 2 is 2.08 bits per heavy atom. The zero-order valence-corrected chi connectivity index (χ0v) is 14.3. The van der Waals surface area contributed by atoms with E-state index < -0.39 is 12.0 Å². The van der Waals surface area contributed by atoms with Crippen molar-refractivity contribution >= 4 is 5.91 Å². The number of likely N-dealkylation sites (tertiary alicyclic amines) is 1. The minimum atomic E-state index is -2.72. The summed E-state index contributed by atoms with van der Waals surface area (Å²) in [6, 6.07) is 6.60. The summed E-state index contributed by atoms with van der Waals surface area (Å²) in [5.74, 6) is -1.43. The van der Waals surface area contributed by atoms with Crippen LogP contribution in [0.1, 0.15) is 37.9 Å². The fraction of sp³-hybridized carbons (Fsp3) is 0.500. The van der Waals surface area contributed by atoms with Crippen LogP contribution in [0.25, 0.3) is 11.5 Å². The monoisotopic (exact) mass is 363 g/mol. The van der Waals surface area contributed by atoms with Crippen LogP contribution in [0.3, 0.4) is 0 Å². The van der Waals surface area contributed by atoms with Crippen LogP contribution in [-0.2, 0) is 4.79 Å². The molecule has 1 aliphatic carbocycles. The molecule has 2 unspecified atom stereocenters. The van der Waals surface area contributed by atoms with Gasteiger partial charge in [-0.2, -0.15) is 4.98 Å². The average molecular weight is 363 g/mol. The summed E-state index contributed by atoms with van der Waals surface area (Å²) in [6.45, 7) is 3.38. The summed E-state index contributed by atoms with van der Waals surface area (Å²) in [4.78, 5) is 18.2. The van der Waals surface area contributed by atoms with E-state index in [-0.39, 0.29) is 18.2 Å². The molecule has 26 heavy (non-hydrogen) atoms. The maximum Gasteiger partial charge on any atom is 0.288 e. The number of halogens is 2. The lowest BCUT2D eigenvalue weighted by Gasteiger charge is -2.13. The highest BCUT2D eigenvalue weighted by Crippen LogP contribution is 2.44. The number of amides is 1. The van der Waals surface area contributed by atoms with Crippen molar-refractivity contribution in [2.45, 2.75) is 44.1 Å². The Morgan fingerprint density at radius 3 is 2.73 bits per heavy atom. The van der Waals surface area contributed by atoms with E-state index >= 15 is 0 Å². The fourth-order valence-corrected chi connectivity index (χ4v) is 3.11. The first-order valence-electron chi connectivity index (χ1n) is 8.72. The molecule has 2 aromatic rings. The van der Waals surface area contributed by atoms with Gasteiger partial charge >= 0.3 is 0 Å². The molecule has 0 spiro atoms. The van der Waals surface area contributed by atoms with Gasteiger partial charge in [0, 0.05) is 31.0 Å². The van der Waals surface area contributed by atoms with Crippen molar-refractivity contribution in [1.29, 1.82) is 0 Å². The minimum Gasteiger partial charge on any atom is -0.484 e. The molecule has 6 nitrogen and oxygen atoms in total. The number of hydrogen-bond donors (Lipinski definition) is 0. The summed E-state index contributed by atoms with van der Waals surface area (Å²) < 4.78 is 36.3. The van der Waals surface area contributed by atoms with Gasteiger partial charge < -0.3 is 14.2 Å². The van der Waals surface area contributed by atoms with Crippen LogP contribution in [0, 0.1) is 0 Å². The summed E-state index contributed by atoms with van der Waals surface area (Å²) in [5.41, 5.74) is 0.674. The van der Waals surface area contributed by atoms with Crippen LogP contribution in [0.5, 0.6) is 5.75 Å². The maximum atomic E-state index is 12.9. The molecule has 2 heterocycles. The minimum absolute atomic E-state index is 0.0637. The third-order valence-electron chi connectivity index (χ3n) is 4.66. The van der Waals surface area contributed by atoms with E-state index in [1.807, 2.05) is 11.8 Å². The van der Waals surface area contributed by atoms with Crippen LogP contribution in [-0.4, -0.2) is 46.1 Å². The molecule has 138 valence electrons. The van der Waals surface area contributed by atoms with Crippen molar-refractivity contribution < 1.29 is 22.8 Å². The number of ether oxygens (including phenoxy) is 1. The molecule has 0 N–H and O–H groups in total. The Kier molecular flexibility index (Phi) is 4.13. The van der Waals surface area contributed by atoms with Gasteiger partial charge in [0.15, 0.2) is 11.9 Å². The molecule has 8 heteroatoms. The van der Waals surface area contributed by atoms with Crippen molar-refractivity contribution in [3.8, 4) is 17.2 Å². The molecule has 2 aliphatic rings. The van der Waals surface area contributed by atoms with Crippen molar-refractivity contribution in [2.75, 3.05) is 13.1 Å². The van der Waals surface area contributed by atoms with Crippen LogP contribution in [0.4, 0.5) is 8.78 Å². The van der Waals surface area contributed by atoms with Gasteiger partial charge in [-0.3, -0.25) is 4.79 Å². The number of rotatable bonds is 6. The number of alkyl halides is 2. The third kappa shape index (κ3) is 3.27. The Balaban J connectivity index is 1.42. The molecular weight excluding hydrogens is 344 g/mol. The molecule has 4 rings (SSSR count). The molecule has 1 saturated heterocycles. The Hall–Kier alpha value is -2.51. The van der Waals surface area contributed by atoms with E-state index in [2.05, 4.69) is 10.1 Å². The van der Waals surface area contributed by atoms with Crippen molar-refractivity contribution in [3.63, 3.8) is 0 Å². The molecule has 2 fully saturated rings. The van der Waals surface area contributed by atoms with E-state index in [0.29, 0.717) is 36.0 Å². The second kappa shape index (κ2) is 6.34. The van der Waals surface area contributed by atoms with E-state index in [4.69, 9.17) is 9.26 Å². The van der Waals surface area contributed by atoms with Gasteiger partial charge in [0.05, 0.1) is 6.42 Å². The summed E-state index contributed by atoms with van der Waals surface area (Å²) in [7, 11) is 0. The van der Waals surface area contributed by atoms with Gasteiger partial charge in [-0.1, -0.05) is 12.1 Å². The highest BCUT2D eigenvalue weighted by Gasteiger charge is 2.59. The molecule has 1 aromatic heterocycles. The second-order valence-electron chi connectivity index (χ2n) is 6.79. The van der Waals surface area contributed by atoms with E-state index in [1.165, 1.54) is 0 Å². The van der Waals surface area contributed by atoms with Crippen LogP contribution < -0.4 is 4.74 Å². The normalized spacial score (nSPS) is 24.1. The van der Waals surface area contributed by atoms with E-state index in [1.54, 1.807) is 24.3 Å². The Morgan fingerprint density at radius 1 is 1.35 bits per heavy atom. The van der Waals surface area contributed by atoms with Crippen LogP contribution in [0.15, 0.2) is 28.8 Å². The highest BCUT2D eigenvalue weighted by atomic mass is 19.3. The first-order chi connectivity index (χ1) is 12.5. The van der Waals surface area contributed by atoms with Crippen LogP contribution in [0.2, 0.25) is 0 Å². The maximum absolute atomic E-state index is 12.9. The zero-order valence-electron chi connectivity index (χ0n) is 14.3. The molecule has 2 atom stereocenters. The first kappa shape index (κ1) is 16.9. The molecule has 0 bridgehead atoms. The Bertz CT molecular complexity index is 806. The van der Waals surface area contributed by atoms with Gasteiger partial charge in [-0.05, 0) is 30.7 Å². The smallest absolute Gasteiger partial charge is 0.288 e. The molecule has 1 aliphatic heterocycles. The van der Waals surface area contributed by atoms with Gasteiger partial charge in [0.2, 0.25) is 5.91 Å². The average Bonchev–Trinajstić information content (AvgIpc) is 2.99. The second-order valence-corrected chi connectivity index (χ2v) is 6.79. The number of carbonyl (C=O) groups is 1. The van der Waals surface area contributed by atoms with Crippen molar-refractivity contribution in [1.82, 2.24) is 15.0 Å². The van der Waals surface area contributed by atoms with E-state index in [9.17, 15) is 13.6 Å². The quantitative estimate of drug-likeness (QED) is 0.788. The number of nitrogens with zero attached hydrogens (tertiary/aromatic N) is 3. The van der Waals surface area contributed by atoms with Crippen molar-refractivity contribution in [3.05, 3.63) is 30.1 Å². The predicted octanol–water partition coefficient (Wildman–Crippen LogP) is 3.25. The zero-order chi connectivity index (χ0) is 18.3. The number of hydrogen-bond acceptors (Lipinski definition) is 5. The SMILES string of the molecule is CCCN1CC(c2noc(-c3ccc(OC4CC4(F)F)cc3)n2)CC1=O. The standard InChI is InChI=1S/C18H19F2N3O3/c1-2-7-23-10-12(8-15(23)24)16-21-17(26-22-16)11-3-5-13(6-4-11)25-14-9-18(14,19)20/h3-6,12,14H,2,7-10H2,1H3. The van der Waals surface area contributed by atoms with Gasteiger partial charge in [-0.15, -0.1) is 0 Å². The van der Waals surface area contributed by atoms with Gasteiger partial charge in [-0.25, -0.2) is 8.78 Å². The predicted molar refractivity (Wildman–Crippen MR) is 87.9 cm³/mol. The van der Waals surface area contributed by atoms with Gasteiger partial charge in [0.25, 0.3) is 11.8 Å².